The molecule has 1 N–H and O–H groups in total. The van der Waals surface area contributed by atoms with Gasteiger partial charge in [0, 0.05) is 38.6 Å². The third kappa shape index (κ3) is 4.89. The number of hydrogen-bond acceptors (Lipinski definition) is 3. The van der Waals surface area contributed by atoms with Crippen LogP contribution in [-0.4, -0.2) is 49.1 Å². The third-order valence-corrected chi connectivity index (χ3v) is 7.69. The number of nitrogens with zero attached hydrogens (tertiary/aromatic N) is 2. The Labute approximate surface area is 163 Å². The van der Waals surface area contributed by atoms with Crippen LogP contribution in [-0.2, 0) is 21.5 Å². The van der Waals surface area contributed by atoms with Gasteiger partial charge in [-0.2, -0.15) is 17.0 Å². The van der Waals surface area contributed by atoms with Crippen LogP contribution >= 0.6 is 0 Å². The van der Waals surface area contributed by atoms with Gasteiger partial charge in [0.05, 0.1) is 0 Å². The number of benzene rings is 1. The molecule has 7 heteroatoms. The van der Waals surface area contributed by atoms with E-state index in [4.69, 9.17) is 0 Å². The number of carbonyl (C=O) groups is 1. The molecule has 1 aromatic rings. The van der Waals surface area contributed by atoms with Crippen molar-refractivity contribution in [2.45, 2.75) is 52.0 Å². The Balaban J connectivity index is 1.47. The molecule has 0 bridgehead atoms. The molecule has 1 amide bonds. The fourth-order valence-electron chi connectivity index (χ4n) is 3.78. The quantitative estimate of drug-likeness (QED) is 0.807. The van der Waals surface area contributed by atoms with Crippen molar-refractivity contribution < 1.29 is 13.2 Å². The van der Waals surface area contributed by atoms with Gasteiger partial charge in [0.2, 0.25) is 5.91 Å². The van der Waals surface area contributed by atoms with E-state index < -0.39 is 10.2 Å². The molecule has 2 aliphatic heterocycles. The van der Waals surface area contributed by atoms with Crippen molar-refractivity contribution in [1.29, 1.82) is 0 Å². The second kappa shape index (κ2) is 8.71. The lowest BCUT2D eigenvalue weighted by atomic mass is 9.97. The molecule has 0 atom stereocenters. The molecule has 3 rings (SSSR count). The van der Waals surface area contributed by atoms with Gasteiger partial charge in [0.1, 0.15) is 0 Å². The minimum atomic E-state index is -3.34. The molecule has 0 aliphatic carbocycles. The van der Waals surface area contributed by atoms with Crippen LogP contribution in [0, 0.1) is 5.92 Å². The van der Waals surface area contributed by atoms with E-state index in [1.54, 1.807) is 8.61 Å². The van der Waals surface area contributed by atoms with E-state index in [0.717, 1.165) is 18.4 Å². The Kier molecular flexibility index (Phi) is 6.55. The molecular weight excluding hydrogens is 362 g/mol. The number of rotatable bonds is 6. The van der Waals surface area contributed by atoms with Crippen molar-refractivity contribution in [3.8, 4) is 0 Å². The number of piperidine rings is 1. The van der Waals surface area contributed by atoms with E-state index in [0.29, 0.717) is 51.5 Å². The monoisotopic (exact) mass is 393 g/mol. The van der Waals surface area contributed by atoms with Gasteiger partial charge in [-0.1, -0.05) is 38.1 Å². The average molecular weight is 394 g/mol. The molecule has 0 spiro atoms. The smallest absolute Gasteiger partial charge is 0.281 e. The van der Waals surface area contributed by atoms with Crippen LogP contribution in [0.2, 0.25) is 0 Å². The third-order valence-electron chi connectivity index (χ3n) is 5.66. The van der Waals surface area contributed by atoms with Crippen LogP contribution < -0.4 is 5.32 Å². The second-order valence-electron chi connectivity index (χ2n) is 7.90. The number of hydrogen-bond donors (Lipinski definition) is 1. The Morgan fingerprint density at radius 1 is 1.04 bits per heavy atom. The highest BCUT2D eigenvalue weighted by molar-refractivity contribution is 7.86. The fraction of sp³-hybridized carbons (Fsp3) is 0.650. The van der Waals surface area contributed by atoms with Gasteiger partial charge in [-0.05, 0) is 42.7 Å². The lowest BCUT2D eigenvalue weighted by Gasteiger charge is -2.33. The van der Waals surface area contributed by atoms with Gasteiger partial charge >= 0.3 is 0 Å². The zero-order chi connectivity index (χ0) is 19.4. The second-order valence-corrected chi connectivity index (χ2v) is 9.83. The summed E-state index contributed by atoms with van der Waals surface area (Å²) in [6.45, 7) is 6.94. The molecule has 6 nitrogen and oxygen atoms in total. The summed E-state index contributed by atoms with van der Waals surface area (Å²) in [7, 11) is -3.34. The highest BCUT2D eigenvalue weighted by Crippen LogP contribution is 2.24. The lowest BCUT2D eigenvalue weighted by Crippen LogP contribution is -2.48. The van der Waals surface area contributed by atoms with Crippen LogP contribution in [0.25, 0.3) is 0 Å². The van der Waals surface area contributed by atoms with Crippen molar-refractivity contribution in [1.82, 2.24) is 13.9 Å². The summed E-state index contributed by atoms with van der Waals surface area (Å²) < 4.78 is 28.3. The first-order chi connectivity index (χ1) is 12.9. The molecule has 0 unspecified atom stereocenters. The Morgan fingerprint density at radius 2 is 1.59 bits per heavy atom. The standard InChI is InChI=1S/C20H31N3O3S/c1-16(2)18-7-5-17(6-8-18)15-21-20(24)19-9-13-23(14-10-19)27(25,26)22-11-3-4-12-22/h5-8,16,19H,3-4,9-15H2,1-2H3,(H,21,24). The van der Waals surface area contributed by atoms with Gasteiger partial charge in [-0.3, -0.25) is 4.79 Å². The normalized spacial score (nSPS) is 20.3. The lowest BCUT2D eigenvalue weighted by molar-refractivity contribution is -0.126. The number of amides is 1. The fourth-order valence-corrected chi connectivity index (χ4v) is 5.50. The topological polar surface area (TPSA) is 69.7 Å². The summed E-state index contributed by atoms with van der Waals surface area (Å²) in [4.78, 5) is 12.5. The van der Waals surface area contributed by atoms with E-state index >= 15 is 0 Å². The minimum absolute atomic E-state index is 0.0288. The van der Waals surface area contributed by atoms with E-state index in [1.165, 1.54) is 5.56 Å². The van der Waals surface area contributed by atoms with E-state index in [1.807, 2.05) is 0 Å². The number of nitrogens with one attached hydrogen (secondary N) is 1. The summed E-state index contributed by atoms with van der Waals surface area (Å²) in [6.07, 6.45) is 3.06. The Bertz CT molecular complexity index is 732. The average Bonchev–Trinajstić information content (AvgIpc) is 3.22. The van der Waals surface area contributed by atoms with Crippen molar-refractivity contribution in [2.24, 2.45) is 5.92 Å². The molecule has 150 valence electrons. The predicted octanol–water partition coefficient (Wildman–Crippen LogP) is 2.48. The maximum atomic E-state index is 12.6. The highest BCUT2D eigenvalue weighted by Gasteiger charge is 2.35. The molecule has 1 aromatic carbocycles. The molecule has 2 fully saturated rings. The SMILES string of the molecule is CC(C)c1ccc(CNC(=O)C2CCN(S(=O)(=O)N3CCCC3)CC2)cc1. The summed E-state index contributed by atoms with van der Waals surface area (Å²) in [5.74, 6) is 0.418. The van der Waals surface area contributed by atoms with E-state index in [2.05, 4.69) is 43.4 Å². The molecular formula is C20H31N3O3S. The molecule has 27 heavy (non-hydrogen) atoms. The number of carbonyl (C=O) groups excluding carboxylic acids is 1. The first kappa shape index (κ1) is 20.3. The zero-order valence-corrected chi connectivity index (χ0v) is 17.2. The maximum Gasteiger partial charge on any atom is 0.281 e. The zero-order valence-electron chi connectivity index (χ0n) is 16.4. The van der Waals surface area contributed by atoms with Crippen molar-refractivity contribution in [3.05, 3.63) is 35.4 Å². The van der Waals surface area contributed by atoms with Crippen LogP contribution in [0.15, 0.2) is 24.3 Å². The summed E-state index contributed by atoms with van der Waals surface area (Å²) in [5.41, 5.74) is 2.37. The highest BCUT2D eigenvalue weighted by atomic mass is 32.2. The van der Waals surface area contributed by atoms with Crippen molar-refractivity contribution >= 4 is 16.1 Å². The minimum Gasteiger partial charge on any atom is -0.352 e. The maximum absolute atomic E-state index is 12.6. The van der Waals surface area contributed by atoms with Gasteiger partial charge in [-0.25, -0.2) is 0 Å². The summed E-state index contributed by atoms with van der Waals surface area (Å²) in [5, 5.41) is 3.01. The van der Waals surface area contributed by atoms with Crippen LogP contribution in [0.5, 0.6) is 0 Å². The molecule has 2 saturated heterocycles. The Hall–Kier alpha value is -1.44. The van der Waals surface area contributed by atoms with E-state index in [-0.39, 0.29) is 11.8 Å². The molecule has 0 saturated carbocycles. The molecule has 0 aromatic heterocycles. The molecule has 2 aliphatic rings. The first-order valence-electron chi connectivity index (χ1n) is 9.99. The summed E-state index contributed by atoms with van der Waals surface area (Å²) >= 11 is 0. The Morgan fingerprint density at radius 3 is 2.15 bits per heavy atom. The van der Waals surface area contributed by atoms with Crippen LogP contribution in [0.3, 0.4) is 0 Å². The van der Waals surface area contributed by atoms with Crippen molar-refractivity contribution in [2.75, 3.05) is 26.2 Å². The first-order valence-corrected chi connectivity index (χ1v) is 11.4. The van der Waals surface area contributed by atoms with Gasteiger partial charge < -0.3 is 5.32 Å². The molecule has 0 radical (unpaired) electrons. The van der Waals surface area contributed by atoms with Gasteiger partial charge in [0.15, 0.2) is 0 Å². The predicted molar refractivity (Wildman–Crippen MR) is 106 cm³/mol. The van der Waals surface area contributed by atoms with Gasteiger partial charge in [-0.15, -0.1) is 0 Å². The van der Waals surface area contributed by atoms with Gasteiger partial charge in [0.25, 0.3) is 10.2 Å². The summed E-state index contributed by atoms with van der Waals surface area (Å²) in [6, 6.07) is 8.32. The van der Waals surface area contributed by atoms with Crippen molar-refractivity contribution in [3.63, 3.8) is 0 Å². The van der Waals surface area contributed by atoms with E-state index in [9.17, 15) is 13.2 Å². The molecule has 2 heterocycles. The van der Waals surface area contributed by atoms with Crippen LogP contribution in [0.4, 0.5) is 0 Å². The van der Waals surface area contributed by atoms with Crippen LogP contribution in [0.1, 0.15) is 56.6 Å². The largest absolute Gasteiger partial charge is 0.352 e.